The first-order chi connectivity index (χ1) is 7.52. The third-order valence-corrected chi connectivity index (χ3v) is 2.98. The number of carbonyl (C=O) groups excluding carboxylic acids is 2. The minimum atomic E-state index is -0.325. The highest BCUT2D eigenvalue weighted by atomic mass is 16.5. The van der Waals surface area contributed by atoms with Gasteiger partial charge in [0.15, 0.2) is 0 Å². The van der Waals surface area contributed by atoms with Gasteiger partial charge < -0.3 is 9.47 Å². The highest BCUT2D eigenvalue weighted by Gasteiger charge is 2.43. The summed E-state index contributed by atoms with van der Waals surface area (Å²) in [6.07, 6.45) is 1.29. The van der Waals surface area contributed by atoms with E-state index in [4.69, 9.17) is 9.47 Å². The zero-order valence-electron chi connectivity index (χ0n) is 10.2. The van der Waals surface area contributed by atoms with Crippen molar-refractivity contribution in [3.05, 3.63) is 0 Å². The van der Waals surface area contributed by atoms with Crippen LogP contribution in [0.4, 0.5) is 0 Å². The summed E-state index contributed by atoms with van der Waals surface area (Å²) in [4.78, 5) is 25.0. The molecule has 0 amide bonds. The molecule has 1 heterocycles. The van der Waals surface area contributed by atoms with Crippen molar-refractivity contribution in [2.24, 2.45) is 0 Å². The van der Waals surface area contributed by atoms with E-state index < -0.39 is 0 Å². The first kappa shape index (κ1) is 13.0. The van der Waals surface area contributed by atoms with Gasteiger partial charge in [-0.1, -0.05) is 0 Å². The van der Waals surface area contributed by atoms with Crippen molar-refractivity contribution < 1.29 is 19.1 Å². The molecular formula is C11H19NO4. The predicted octanol–water partition coefficient (Wildman–Crippen LogP) is 0.574. The van der Waals surface area contributed by atoms with E-state index in [9.17, 15) is 9.59 Å². The summed E-state index contributed by atoms with van der Waals surface area (Å²) >= 11 is 0. The molecule has 1 aliphatic rings. The molecule has 1 saturated heterocycles. The van der Waals surface area contributed by atoms with Crippen molar-refractivity contribution in [1.29, 1.82) is 0 Å². The van der Waals surface area contributed by atoms with Crippen molar-refractivity contribution in [2.45, 2.75) is 44.8 Å². The Morgan fingerprint density at radius 1 is 1.06 bits per heavy atom. The van der Waals surface area contributed by atoms with Crippen LogP contribution >= 0.6 is 0 Å². The lowest BCUT2D eigenvalue weighted by Crippen LogP contribution is -2.48. The number of hydrogen-bond acceptors (Lipinski definition) is 5. The zero-order valence-corrected chi connectivity index (χ0v) is 10.2. The number of methoxy groups -OCH3 is 2. The highest BCUT2D eigenvalue weighted by molar-refractivity contribution is 5.81. The molecule has 0 aromatic rings. The molecule has 0 aromatic heterocycles. The Hall–Kier alpha value is -1.10. The Morgan fingerprint density at radius 2 is 1.44 bits per heavy atom. The van der Waals surface area contributed by atoms with Gasteiger partial charge in [-0.15, -0.1) is 0 Å². The first-order valence-corrected chi connectivity index (χ1v) is 5.46. The largest absolute Gasteiger partial charge is 0.468 e. The summed E-state index contributed by atoms with van der Waals surface area (Å²) < 4.78 is 9.49. The van der Waals surface area contributed by atoms with Crippen molar-refractivity contribution >= 4 is 11.9 Å². The molecule has 5 heteroatoms. The van der Waals surface area contributed by atoms with E-state index in [0.29, 0.717) is 12.8 Å². The summed E-state index contributed by atoms with van der Waals surface area (Å²) in [6, 6.07) is -0.543. The van der Waals surface area contributed by atoms with Crippen LogP contribution in [-0.2, 0) is 19.1 Å². The minimum absolute atomic E-state index is 0.107. The smallest absolute Gasteiger partial charge is 0.323 e. The number of rotatable bonds is 3. The van der Waals surface area contributed by atoms with Crippen LogP contribution in [0.3, 0.4) is 0 Å². The molecule has 92 valence electrons. The number of hydrogen-bond donors (Lipinski definition) is 0. The van der Waals surface area contributed by atoms with Crippen molar-refractivity contribution in [2.75, 3.05) is 14.2 Å². The highest BCUT2D eigenvalue weighted by Crippen LogP contribution is 2.28. The first-order valence-electron chi connectivity index (χ1n) is 5.46. The van der Waals surface area contributed by atoms with E-state index in [1.165, 1.54) is 14.2 Å². The van der Waals surface area contributed by atoms with E-state index in [1.54, 1.807) is 0 Å². The van der Waals surface area contributed by atoms with Crippen molar-refractivity contribution in [3.63, 3.8) is 0 Å². The molecule has 0 radical (unpaired) electrons. The van der Waals surface area contributed by atoms with Gasteiger partial charge in [-0.05, 0) is 26.7 Å². The maximum absolute atomic E-state index is 11.6. The fourth-order valence-corrected chi connectivity index (χ4v) is 2.30. The van der Waals surface area contributed by atoms with Crippen LogP contribution in [0.15, 0.2) is 0 Å². The SMILES string of the molecule is COC(=O)C1CCC(C(=O)OC)N1C(C)C. The Morgan fingerprint density at radius 3 is 1.69 bits per heavy atom. The van der Waals surface area contributed by atoms with Gasteiger partial charge in [-0.3, -0.25) is 14.5 Å². The van der Waals surface area contributed by atoms with E-state index in [0.717, 1.165) is 0 Å². The second-order valence-electron chi connectivity index (χ2n) is 4.20. The minimum Gasteiger partial charge on any atom is -0.468 e. The fourth-order valence-electron chi connectivity index (χ4n) is 2.30. The Balaban J connectivity index is 2.84. The van der Waals surface area contributed by atoms with Gasteiger partial charge in [0.1, 0.15) is 12.1 Å². The summed E-state index contributed by atoms with van der Waals surface area (Å²) in [5, 5.41) is 0. The van der Waals surface area contributed by atoms with Crippen LogP contribution in [0.25, 0.3) is 0 Å². The van der Waals surface area contributed by atoms with Gasteiger partial charge in [0.25, 0.3) is 0 Å². The summed E-state index contributed by atoms with van der Waals surface area (Å²) in [5.41, 5.74) is 0. The monoisotopic (exact) mass is 229 g/mol. The molecule has 0 N–H and O–H groups in total. The van der Waals surface area contributed by atoms with E-state index >= 15 is 0 Å². The van der Waals surface area contributed by atoms with Crippen molar-refractivity contribution in [1.82, 2.24) is 4.90 Å². The average molecular weight is 229 g/mol. The lowest BCUT2D eigenvalue weighted by Gasteiger charge is -2.30. The van der Waals surface area contributed by atoms with Crippen molar-refractivity contribution in [3.8, 4) is 0 Å². The Kier molecular flexibility index (Phi) is 4.29. The molecule has 2 atom stereocenters. The normalized spacial score (nSPS) is 25.8. The second kappa shape index (κ2) is 5.30. The number of nitrogens with zero attached hydrogens (tertiary/aromatic N) is 1. The van der Waals surface area contributed by atoms with Crippen LogP contribution in [0, 0.1) is 0 Å². The van der Waals surface area contributed by atoms with Crippen LogP contribution in [0.1, 0.15) is 26.7 Å². The molecule has 2 unspecified atom stereocenters. The second-order valence-corrected chi connectivity index (χ2v) is 4.20. The van der Waals surface area contributed by atoms with Crippen LogP contribution in [0.2, 0.25) is 0 Å². The zero-order chi connectivity index (χ0) is 12.3. The third-order valence-electron chi connectivity index (χ3n) is 2.98. The van der Waals surface area contributed by atoms with Gasteiger partial charge >= 0.3 is 11.9 Å². The standard InChI is InChI=1S/C11H19NO4/c1-7(2)12-8(10(13)15-3)5-6-9(12)11(14)16-4/h7-9H,5-6H2,1-4H3. The van der Waals surface area contributed by atoms with Gasteiger partial charge in [0.05, 0.1) is 14.2 Å². The maximum Gasteiger partial charge on any atom is 0.323 e. The van der Waals surface area contributed by atoms with E-state index in [-0.39, 0.29) is 30.1 Å². The third kappa shape index (κ3) is 2.35. The molecule has 0 aliphatic carbocycles. The number of ether oxygens (including phenoxy) is 2. The number of carbonyl (C=O) groups is 2. The molecule has 0 saturated carbocycles. The predicted molar refractivity (Wildman–Crippen MR) is 57.8 cm³/mol. The lowest BCUT2D eigenvalue weighted by atomic mass is 10.2. The summed E-state index contributed by atoms with van der Waals surface area (Å²) in [7, 11) is 2.73. The topological polar surface area (TPSA) is 55.8 Å². The number of likely N-dealkylation sites (tertiary alicyclic amines) is 1. The van der Waals surface area contributed by atoms with Gasteiger partial charge in [0.2, 0.25) is 0 Å². The quantitative estimate of drug-likeness (QED) is 0.662. The van der Waals surface area contributed by atoms with Gasteiger partial charge in [0, 0.05) is 6.04 Å². The molecule has 1 fully saturated rings. The Bertz CT molecular complexity index is 253. The average Bonchev–Trinajstić information content (AvgIpc) is 2.71. The molecule has 0 spiro atoms. The fraction of sp³-hybridized carbons (Fsp3) is 0.818. The Labute approximate surface area is 95.7 Å². The van der Waals surface area contributed by atoms with Crippen LogP contribution in [0.5, 0.6) is 0 Å². The molecule has 5 nitrogen and oxygen atoms in total. The molecule has 0 bridgehead atoms. The molecule has 16 heavy (non-hydrogen) atoms. The van der Waals surface area contributed by atoms with Gasteiger partial charge in [-0.25, -0.2) is 0 Å². The lowest BCUT2D eigenvalue weighted by molar-refractivity contribution is -0.152. The number of esters is 2. The molecule has 1 rings (SSSR count). The van der Waals surface area contributed by atoms with Crippen LogP contribution < -0.4 is 0 Å². The molecule has 1 aliphatic heterocycles. The van der Waals surface area contributed by atoms with Crippen LogP contribution in [-0.4, -0.2) is 49.2 Å². The van der Waals surface area contributed by atoms with E-state index in [1.807, 2.05) is 18.7 Å². The molecular weight excluding hydrogens is 210 g/mol. The summed E-state index contributed by atoms with van der Waals surface area (Å²) in [5.74, 6) is -0.555. The van der Waals surface area contributed by atoms with Gasteiger partial charge in [-0.2, -0.15) is 0 Å². The summed E-state index contributed by atoms with van der Waals surface area (Å²) in [6.45, 7) is 3.91. The van der Waals surface area contributed by atoms with E-state index in [2.05, 4.69) is 0 Å². The maximum atomic E-state index is 11.6. The molecule has 0 aromatic carbocycles.